The molecule has 1 aromatic heterocycles. The zero-order valence-corrected chi connectivity index (χ0v) is 16.9. The van der Waals surface area contributed by atoms with Gasteiger partial charge in [-0.2, -0.15) is 0 Å². The first kappa shape index (κ1) is 19.5. The van der Waals surface area contributed by atoms with Crippen molar-refractivity contribution in [1.29, 1.82) is 0 Å². The van der Waals surface area contributed by atoms with Gasteiger partial charge in [0.2, 0.25) is 6.79 Å². The molecule has 2 aliphatic heterocycles. The minimum atomic E-state index is -0.415. The van der Waals surface area contributed by atoms with E-state index in [4.69, 9.17) is 9.47 Å². The molecular weight excluding hydrogens is 400 g/mol. The normalized spacial score (nSPS) is 16.5. The molecule has 1 saturated heterocycles. The number of piperazine rings is 1. The first-order chi connectivity index (χ1) is 15.1. The summed E-state index contributed by atoms with van der Waals surface area (Å²) in [6, 6.07) is 12.4. The molecule has 2 aliphatic rings. The molecule has 0 atom stereocenters. The third-order valence-corrected chi connectivity index (χ3v) is 5.53. The molecule has 160 valence electrons. The zero-order chi connectivity index (χ0) is 21.2. The number of benzene rings is 2. The van der Waals surface area contributed by atoms with Gasteiger partial charge in [0.15, 0.2) is 17.3 Å². The Morgan fingerprint density at radius 1 is 0.968 bits per heavy atom. The van der Waals surface area contributed by atoms with Gasteiger partial charge in [-0.15, -0.1) is 5.10 Å². The van der Waals surface area contributed by atoms with Crippen LogP contribution in [0, 0.1) is 10.1 Å². The molecule has 10 heteroatoms. The smallest absolute Gasteiger partial charge is 0.269 e. The van der Waals surface area contributed by atoms with Crippen molar-refractivity contribution in [2.24, 2.45) is 0 Å². The summed E-state index contributed by atoms with van der Waals surface area (Å²) in [5.74, 6) is 2.21. The maximum Gasteiger partial charge on any atom is 0.269 e. The number of nitro groups is 1. The van der Waals surface area contributed by atoms with Crippen LogP contribution in [0.4, 0.5) is 5.69 Å². The molecule has 0 saturated carbocycles. The molecule has 0 spiro atoms. The van der Waals surface area contributed by atoms with Crippen LogP contribution in [-0.2, 0) is 13.2 Å². The van der Waals surface area contributed by atoms with E-state index in [1.807, 2.05) is 10.7 Å². The lowest BCUT2D eigenvalue weighted by atomic mass is 10.1. The van der Waals surface area contributed by atoms with E-state index in [1.165, 1.54) is 17.7 Å². The molecule has 3 heterocycles. The molecule has 0 amide bonds. The van der Waals surface area contributed by atoms with Crippen LogP contribution in [0.2, 0.25) is 0 Å². The fraction of sp³-hybridized carbons (Fsp3) is 0.333. The predicted molar refractivity (Wildman–Crippen MR) is 112 cm³/mol. The third-order valence-electron chi connectivity index (χ3n) is 5.53. The van der Waals surface area contributed by atoms with Crippen molar-refractivity contribution >= 4 is 5.69 Å². The monoisotopic (exact) mass is 422 g/mol. The lowest BCUT2D eigenvalue weighted by Crippen LogP contribution is -2.46. The van der Waals surface area contributed by atoms with Crippen molar-refractivity contribution in [2.45, 2.75) is 13.2 Å². The molecule has 0 aliphatic carbocycles. The van der Waals surface area contributed by atoms with E-state index in [2.05, 4.69) is 32.0 Å². The lowest BCUT2D eigenvalue weighted by molar-refractivity contribution is -0.384. The van der Waals surface area contributed by atoms with Gasteiger partial charge >= 0.3 is 0 Å². The summed E-state index contributed by atoms with van der Waals surface area (Å²) >= 11 is 0. The highest BCUT2D eigenvalue weighted by atomic mass is 16.7. The van der Waals surface area contributed by atoms with E-state index < -0.39 is 4.92 Å². The SMILES string of the molecule is O=[N+]([O-])c1ccc(-c2ncn(CN3CCN(Cc4ccc5c(c4)OCO5)CC3)n2)cc1. The number of aromatic nitrogens is 3. The quantitative estimate of drug-likeness (QED) is 0.441. The summed E-state index contributed by atoms with van der Waals surface area (Å²) in [5.41, 5.74) is 2.04. The minimum Gasteiger partial charge on any atom is -0.454 e. The maximum absolute atomic E-state index is 10.8. The Balaban J connectivity index is 1.14. The summed E-state index contributed by atoms with van der Waals surface area (Å²) in [5, 5.41) is 15.3. The van der Waals surface area contributed by atoms with Gasteiger partial charge in [-0.25, -0.2) is 9.67 Å². The van der Waals surface area contributed by atoms with Crippen LogP contribution in [0.25, 0.3) is 11.4 Å². The Morgan fingerprint density at radius 2 is 1.71 bits per heavy atom. The molecule has 10 nitrogen and oxygen atoms in total. The molecule has 0 radical (unpaired) electrons. The summed E-state index contributed by atoms with van der Waals surface area (Å²) in [4.78, 5) is 19.5. The first-order valence-electron chi connectivity index (χ1n) is 10.1. The van der Waals surface area contributed by atoms with E-state index in [-0.39, 0.29) is 5.69 Å². The van der Waals surface area contributed by atoms with Crippen LogP contribution < -0.4 is 9.47 Å². The average molecular weight is 422 g/mol. The van der Waals surface area contributed by atoms with Crippen molar-refractivity contribution in [3.8, 4) is 22.9 Å². The fourth-order valence-corrected chi connectivity index (χ4v) is 3.82. The topological polar surface area (TPSA) is 98.8 Å². The molecule has 0 N–H and O–H groups in total. The minimum absolute atomic E-state index is 0.0572. The Bertz CT molecular complexity index is 1080. The van der Waals surface area contributed by atoms with E-state index in [1.54, 1.807) is 18.5 Å². The molecule has 1 fully saturated rings. The first-order valence-corrected chi connectivity index (χ1v) is 10.1. The molecule has 5 rings (SSSR count). The van der Waals surface area contributed by atoms with Crippen molar-refractivity contribution in [3.63, 3.8) is 0 Å². The van der Waals surface area contributed by atoms with Crippen molar-refractivity contribution in [3.05, 3.63) is 64.5 Å². The van der Waals surface area contributed by atoms with Gasteiger partial charge in [-0.05, 0) is 29.8 Å². The number of ether oxygens (including phenoxy) is 2. The number of nitro benzene ring substituents is 1. The van der Waals surface area contributed by atoms with Crippen LogP contribution in [0.15, 0.2) is 48.8 Å². The predicted octanol–water partition coefficient (Wildman–Crippen LogP) is 2.36. The van der Waals surface area contributed by atoms with Gasteiger partial charge in [-0.3, -0.25) is 19.9 Å². The van der Waals surface area contributed by atoms with Crippen LogP contribution in [-0.4, -0.2) is 62.5 Å². The largest absolute Gasteiger partial charge is 0.454 e. The highest BCUT2D eigenvalue weighted by Crippen LogP contribution is 2.32. The molecular formula is C21H22N6O4. The molecule has 0 unspecified atom stereocenters. The second-order valence-corrected chi connectivity index (χ2v) is 7.63. The van der Waals surface area contributed by atoms with Crippen LogP contribution in [0.1, 0.15) is 5.56 Å². The highest BCUT2D eigenvalue weighted by molar-refractivity contribution is 5.56. The fourth-order valence-electron chi connectivity index (χ4n) is 3.82. The summed E-state index contributed by atoms with van der Waals surface area (Å²) in [6.07, 6.45) is 1.70. The van der Waals surface area contributed by atoms with Gasteiger partial charge in [0.1, 0.15) is 6.33 Å². The van der Waals surface area contributed by atoms with E-state index in [0.717, 1.165) is 49.8 Å². The van der Waals surface area contributed by atoms with Crippen molar-refractivity contribution < 1.29 is 14.4 Å². The molecule has 2 aromatic carbocycles. The van der Waals surface area contributed by atoms with Crippen LogP contribution >= 0.6 is 0 Å². The van der Waals surface area contributed by atoms with E-state index in [9.17, 15) is 10.1 Å². The van der Waals surface area contributed by atoms with Crippen LogP contribution in [0.5, 0.6) is 11.5 Å². The number of nitrogens with zero attached hydrogens (tertiary/aromatic N) is 6. The van der Waals surface area contributed by atoms with Gasteiger partial charge in [0.05, 0.1) is 11.6 Å². The van der Waals surface area contributed by atoms with Gasteiger partial charge in [0, 0.05) is 50.4 Å². The van der Waals surface area contributed by atoms with Gasteiger partial charge < -0.3 is 9.47 Å². The Hall–Kier alpha value is -3.50. The second kappa shape index (κ2) is 8.32. The Kier molecular flexibility index (Phi) is 5.23. The van der Waals surface area contributed by atoms with E-state index in [0.29, 0.717) is 19.3 Å². The average Bonchev–Trinajstić information content (AvgIpc) is 3.44. The second-order valence-electron chi connectivity index (χ2n) is 7.63. The van der Waals surface area contributed by atoms with Crippen LogP contribution in [0.3, 0.4) is 0 Å². The summed E-state index contributed by atoms with van der Waals surface area (Å²) < 4.78 is 12.7. The zero-order valence-electron chi connectivity index (χ0n) is 16.9. The standard InChI is InChI=1S/C21H22N6O4/c28-27(29)18-4-2-17(3-5-18)21-22-13-26(23-21)14-25-9-7-24(8-10-25)12-16-1-6-19-20(11-16)31-15-30-19/h1-6,11,13H,7-10,12,14-15H2. The van der Waals surface area contributed by atoms with Gasteiger partial charge in [0.25, 0.3) is 5.69 Å². The summed E-state index contributed by atoms with van der Waals surface area (Å²) in [6.45, 7) is 5.67. The van der Waals surface area contributed by atoms with E-state index >= 15 is 0 Å². The van der Waals surface area contributed by atoms with Crippen molar-refractivity contribution in [1.82, 2.24) is 24.6 Å². The Morgan fingerprint density at radius 3 is 2.48 bits per heavy atom. The lowest BCUT2D eigenvalue weighted by Gasteiger charge is -2.34. The number of non-ortho nitro benzene ring substituents is 1. The summed E-state index contributed by atoms with van der Waals surface area (Å²) in [7, 11) is 0. The third kappa shape index (κ3) is 4.35. The maximum atomic E-state index is 10.8. The highest BCUT2D eigenvalue weighted by Gasteiger charge is 2.19. The number of rotatable bonds is 6. The molecule has 3 aromatic rings. The van der Waals surface area contributed by atoms with Crippen molar-refractivity contribution in [2.75, 3.05) is 33.0 Å². The number of hydrogen-bond acceptors (Lipinski definition) is 8. The molecule has 31 heavy (non-hydrogen) atoms. The molecule has 0 bridgehead atoms. The number of hydrogen-bond donors (Lipinski definition) is 0. The van der Waals surface area contributed by atoms with Gasteiger partial charge in [-0.1, -0.05) is 6.07 Å². The number of fused-ring (bicyclic) bond motifs is 1. The Labute approximate surface area is 178 Å².